The van der Waals surface area contributed by atoms with Gasteiger partial charge in [0, 0.05) is 15.6 Å². The lowest BCUT2D eigenvalue weighted by atomic mass is 10.0. The van der Waals surface area contributed by atoms with E-state index in [1.807, 2.05) is 0 Å². The van der Waals surface area contributed by atoms with E-state index >= 15 is 0 Å². The van der Waals surface area contributed by atoms with Gasteiger partial charge in [-0.1, -0.05) is 34.1 Å². The predicted molar refractivity (Wildman–Crippen MR) is 90.9 cm³/mol. The van der Waals surface area contributed by atoms with Crippen LogP contribution in [0, 0.1) is 5.82 Å². The van der Waals surface area contributed by atoms with E-state index in [1.165, 1.54) is 6.07 Å². The molecule has 0 saturated heterocycles. The summed E-state index contributed by atoms with van der Waals surface area (Å²) in [4.78, 5) is 28.3. The van der Waals surface area contributed by atoms with Crippen LogP contribution in [0.4, 0.5) is 4.39 Å². The molecule has 2 N–H and O–H groups in total. The van der Waals surface area contributed by atoms with Gasteiger partial charge in [-0.15, -0.1) is 0 Å². The second-order valence-corrected chi connectivity index (χ2v) is 6.14. The van der Waals surface area contributed by atoms with Crippen molar-refractivity contribution in [1.29, 1.82) is 0 Å². The lowest BCUT2D eigenvalue weighted by Crippen LogP contribution is -2.47. The molecule has 0 aromatic heterocycles. The zero-order valence-electron chi connectivity index (χ0n) is 12.4. The number of carbonyl (C=O) groups is 2. The van der Waals surface area contributed by atoms with Gasteiger partial charge >= 0.3 is 0 Å². The van der Waals surface area contributed by atoms with E-state index in [0.717, 1.165) is 4.47 Å². The van der Waals surface area contributed by atoms with Gasteiger partial charge in [-0.3, -0.25) is 20.2 Å². The average molecular weight is 390 g/mol. The van der Waals surface area contributed by atoms with Crippen molar-refractivity contribution in [2.24, 2.45) is 4.99 Å². The number of benzene rings is 2. The molecule has 0 unspecified atom stereocenters. The van der Waals surface area contributed by atoms with Crippen molar-refractivity contribution in [2.45, 2.75) is 12.5 Å². The molecule has 0 aliphatic carbocycles. The standard InChI is InChI=1S/C17H13BrFN3O2/c18-11-7-5-10(6-8-11)16(24)22-17-20-14(9-15(23)21-17)12-3-1-2-4-13(12)19/h1-8,14H,9H2,(H2,20,21,22,23,24)/t14-/m0/s1. The van der Waals surface area contributed by atoms with E-state index in [4.69, 9.17) is 0 Å². The lowest BCUT2D eigenvalue weighted by Gasteiger charge is -2.21. The van der Waals surface area contributed by atoms with Crippen LogP contribution in [0.2, 0.25) is 0 Å². The molecule has 2 amide bonds. The summed E-state index contributed by atoms with van der Waals surface area (Å²) in [5.41, 5.74) is 0.742. The van der Waals surface area contributed by atoms with Gasteiger partial charge in [0.05, 0.1) is 12.5 Å². The first-order chi connectivity index (χ1) is 11.5. The van der Waals surface area contributed by atoms with Crippen LogP contribution in [0.15, 0.2) is 58.0 Å². The zero-order chi connectivity index (χ0) is 17.1. The molecular formula is C17H13BrFN3O2. The summed E-state index contributed by atoms with van der Waals surface area (Å²) in [5, 5.41) is 5.04. The van der Waals surface area contributed by atoms with E-state index in [2.05, 4.69) is 31.6 Å². The van der Waals surface area contributed by atoms with Gasteiger partial charge in [-0.25, -0.2) is 9.38 Å². The fourth-order valence-electron chi connectivity index (χ4n) is 2.36. The van der Waals surface area contributed by atoms with Gasteiger partial charge in [0.25, 0.3) is 5.91 Å². The predicted octanol–water partition coefficient (Wildman–Crippen LogP) is 2.94. The Labute approximate surface area is 146 Å². The van der Waals surface area contributed by atoms with Crippen molar-refractivity contribution in [3.05, 3.63) is 69.9 Å². The summed E-state index contributed by atoms with van der Waals surface area (Å²) in [7, 11) is 0. The largest absolute Gasteiger partial charge is 0.296 e. The summed E-state index contributed by atoms with van der Waals surface area (Å²) in [6, 6.07) is 12.2. The van der Waals surface area contributed by atoms with Gasteiger partial charge in [0.1, 0.15) is 5.82 Å². The Morgan fingerprint density at radius 1 is 1.21 bits per heavy atom. The molecule has 0 radical (unpaired) electrons. The van der Waals surface area contributed by atoms with Crippen LogP contribution in [0.1, 0.15) is 28.4 Å². The van der Waals surface area contributed by atoms with Crippen LogP contribution in [-0.2, 0) is 4.79 Å². The Bertz CT molecular complexity index is 821. The maximum atomic E-state index is 13.9. The summed E-state index contributed by atoms with van der Waals surface area (Å²) in [5.74, 6) is -1.15. The fraction of sp³-hybridized carbons (Fsp3) is 0.118. The van der Waals surface area contributed by atoms with Crippen molar-refractivity contribution in [1.82, 2.24) is 10.6 Å². The third-order valence-electron chi connectivity index (χ3n) is 3.52. The molecule has 122 valence electrons. The maximum Gasteiger partial charge on any atom is 0.257 e. The highest BCUT2D eigenvalue weighted by atomic mass is 79.9. The smallest absolute Gasteiger partial charge is 0.257 e. The van der Waals surface area contributed by atoms with Crippen molar-refractivity contribution in [3.8, 4) is 0 Å². The zero-order valence-corrected chi connectivity index (χ0v) is 14.0. The number of amides is 2. The highest BCUT2D eigenvalue weighted by Gasteiger charge is 2.25. The van der Waals surface area contributed by atoms with Crippen LogP contribution < -0.4 is 10.6 Å². The third kappa shape index (κ3) is 3.68. The van der Waals surface area contributed by atoms with E-state index in [9.17, 15) is 14.0 Å². The number of hydrogen-bond acceptors (Lipinski definition) is 3. The number of guanidine groups is 1. The first kappa shape index (κ1) is 16.3. The molecule has 0 saturated carbocycles. The number of aliphatic imine (C=N–C) groups is 1. The highest BCUT2D eigenvalue weighted by molar-refractivity contribution is 9.10. The molecule has 1 aliphatic heterocycles. The Kier molecular flexibility index (Phi) is 4.71. The van der Waals surface area contributed by atoms with E-state index in [1.54, 1.807) is 42.5 Å². The van der Waals surface area contributed by atoms with Crippen LogP contribution in [-0.4, -0.2) is 17.8 Å². The maximum absolute atomic E-state index is 13.9. The molecule has 5 nitrogen and oxygen atoms in total. The Morgan fingerprint density at radius 2 is 1.92 bits per heavy atom. The minimum Gasteiger partial charge on any atom is -0.296 e. The monoisotopic (exact) mass is 389 g/mol. The SMILES string of the molecule is O=C1C[C@@H](c2ccccc2F)N=C(NC(=O)c2ccc(Br)cc2)N1. The highest BCUT2D eigenvalue weighted by Crippen LogP contribution is 2.25. The van der Waals surface area contributed by atoms with E-state index in [-0.39, 0.29) is 18.3 Å². The Balaban J connectivity index is 1.81. The summed E-state index contributed by atoms with van der Waals surface area (Å²) < 4.78 is 14.7. The first-order valence-corrected chi connectivity index (χ1v) is 8.01. The van der Waals surface area contributed by atoms with Crippen molar-refractivity contribution in [3.63, 3.8) is 0 Å². The minimum absolute atomic E-state index is 0.0208. The van der Waals surface area contributed by atoms with Crippen molar-refractivity contribution < 1.29 is 14.0 Å². The molecule has 1 aliphatic rings. The molecule has 24 heavy (non-hydrogen) atoms. The number of hydrogen-bond donors (Lipinski definition) is 2. The molecule has 2 aromatic carbocycles. The number of halogens is 2. The lowest BCUT2D eigenvalue weighted by molar-refractivity contribution is -0.120. The fourth-order valence-corrected chi connectivity index (χ4v) is 2.63. The molecule has 0 bridgehead atoms. The van der Waals surface area contributed by atoms with Crippen LogP contribution in [0.3, 0.4) is 0 Å². The van der Waals surface area contributed by atoms with Gasteiger partial charge in [-0.2, -0.15) is 0 Å². The summed E-state index contributed by atoms with van der Waals surface area (Å²) >= 11 is 3.29. The molecular weight excluding hydrogens is 377 g/mol. The molecule has 1 atom stereocenters. The normalized spacial score (nSPS) is 17.0. The van der Waals surface area contributed by atoms with Crippen molar-refractivity contribution in [2.75, 3.05) is 0 Å². The quantitative estimate of drug-likeness (QED) is 0.828. The van der Waals surface area contributed by atoms with Gasteiger partial charge < -0.3 is 0 Å². The Hall–Kier alpha value is -2.54. The molecule has 7 heteroatoms. The Morgan fingerprint density at radius 3 is 2.62 bits per heavy atom. The molecule has 3 rings (SSSR count). The third-order valence-corrected chi connectivity index (χ3v) is 4.05. The number of nitrogens with one attached hydrogen (secondary N) is 2. The van der Waals surface area contributed by atoms with E-state index in [0.29, 0.717) is 11.1 Å². The van der Waals surface area contributed by atoms with Crippen molar-refractivity contribution >= 4 is 33.7 Å². The topological polar surface area (TPSA) is 70.6 Å². The van der Waals surface area contributed by atoms with Gasteiger partial charge in [0.2, 0.25) is 11.9 Å². The summed E-state index contributed by atoms with van der Waals surface area (Å²) in [6.45, 7) is 0. The second-order valence-electron chi connectivity index (χ2n) is 5.23. The van der Waals surface area contributed by atoms with E-state index < -0.39 is 17.8 Å². The molecule has 2 aromatic rings. The molecule has 0 spiro atoms. The van der Waals surface area contributed by atoms with Crippen LogP contribution >= 0.6 is 15.9 Å². The van der Waals surface area contributed by atoms with Crippen LogP contribution in [0.5, 0.6) is 0 Å². The van der Waals surface area contributed by atoms with Gasteiger partial charge in [0.15, 0.2) is 0 Å². The number of carbonyl (C=O) groups excluding carboxylic acids is 2. The number of nitrogens with zero attached hydrogens (tertiary/aromatic N) is 1. The second kappa shape index (κ2) is 6.92. The average Bonchev–Trinajstić information content (AvgIpc) is 2.55. The minimum atomic E-state index is -0.667. The molecule has 0 fully saturated rings. The first-order valence-electron chi connectivity index (χ1n) is 7.22. The van der Waals surface area contributed by atoms with Gasteiger partial charge in [-0.05, 0) is 30.3 Å². The van der Waals surface area contributed by atoms with Crippen LogP contribution in [0.25, 0.3) is 0 Å². The number of rotatable bonds is 2. The summed E-state index contributed by atoms with van der Waals surface area (Å²) in [6.07, 6.45) is 0.0264. The molecule has 1 heterocycles.